The van der Waals surface area contributed by atoms with Crippen LogP contribution in [0.15, 0.2) is 70.5 Å². The molecule has 25 atom stereocenters. The number of carbonyl (C=O) groups is 11. The van der Waals surface area contributed by atoms with Crippen LogP contribution in [0.1, 0.15) is 187 Å². The number of aliphatic hydroxyl groups is 3. The SMILES string of the molecule is CCCCOP(=O)(OCCCC)O[C@@]1(C(=O)OC)C[C@H]2OC(=O)N(C(C)=O)[C@H]2C([C@@H]2OC(C)(C)O[C@@H]2CC)O1.CCCCOP(C)(=O)O[C@]1(C(=O)OC)C[C@H]2OC(=O)N(C(C)=O)[C@H]2C([C@@H]2OC(C)(C)O[C@@H]2CC)O1.CC[C@H]1OC(C)(C)O[C@H]1C1O[C@@](Sc2ccccc2)(C(=O)OC)C[C@H]2OC(=O)N(C(C)=O)[C@@H]12.COC(=O)[C@@]1(Sc2ccccc2)C[C@H]2OC(=O)N[C@H]2C([C@H](O)[C@H](O)CO)O1. The average molecular weight is 1980 g/mol. The van der Waals surface area contributed by atoms with Crippen molar-refractivity contribution < 1.29 is 185 Å². The van der Waals surface area contributed by atoms with Crippen LogP contribution in [-0.4, -0.2) is 318 Å². The van der Waals surface area contributed by atoms with Crippen molar-refractivity contribution in [3.8, 4) is 0 Å². The number of aliphatic hydroxyl groups excluding tert-OH is 3. The number of hydrogen-bond acceptors (Lipinski definition) is 41. The van der Waals surface area contributed by atoms with E-state index in [-0.39, 0.29) is 45.2 Å². The van der Waals surface area contributed by atoms with Gasteiger partial charge in [-0.25, -0.2) is 62.1 Å². The first-order valence-electron chi connectivity index (χ1n) is 44.7. The highest BCUT2D eigenvalue weighted by molar-refractivity contribution is 8.01. The molecule has 11 heterocycles. The van der Waals surface area contributed by atoms with Crippen LogP contribution in [0.25, 0.3) is 0 Å². The Morgan fingerprint density at radius 1 is 0.455 bits per heavy atom. The number of fused-ring (bicyclic) bond motifs is 4. The predicted molar refractivity (Wildman–Crippen MR) is 466 cm³/mol. The molecule has 0 radical (unpaired) electrons. The number of esters is 4. The fraction of sp³-hybridized carbons (Fsp3) is 0.736. The van der Waals surface area contributed by atoms with Crippen molar-refractivity contribution in [1.29, 1.82) is 0 Å². The number of nitrogens with one attached hydrogen (secondary N) is 1. The number of benzene rings is 2. The topological polar surface area (TPSA) is 517 Å². The quantitative estimate of drug-likeness (QED) is 0.0223. The molecule has 11 aliphatic rings. The molecule has 2 aromatic carbocycles. The molecule has 43 nitrogen and oxygen atoms in total. The number of amides is 7. The Hall–Kier alpha value is -7.15. The number of methoxy groups -OCH3 is 4. The summed E-state index contributed by atoms with van der Waals surface area (Å²) in [4.78, 5) is 141. The lowest BCUT2D eigenvalue weighted by Crippen LogP contribution is -2.65. The summed E-state index contributed by atoms with van der Waals surface area (Å²) in [7, 11) is -3.48. The zero-order valence-corrected chi connectivity index (χ0v) is 82.4. The predicted octanol–water partition coefficient (Wildman–Crippen LogP) is 9.77. The molecule has 4 N–H and O–H groups in total. The Balaban J connectivity index is 0.000000186. The fourth-order valence-electron chi connectivity index (χ4n) is 17.8. The maximum atomic E-state index is 13.9. The molecule has 0 spiro atoms. The van der Waals surface area contributed by atoms with Gasteiger partial charge in [-0.05, 0) is 104 Å². The Labute approximate surface area is 786 Å². The molecule has 11 saturated heterocycles. The molecule has 2 aromatic rings. The first kappa shape index (κ1) is 109. The summed E-state index contributed by atoms with van der Waals surface area (Å²) in [5.74, 6) is -12.5. The fourth-order valence-corrected chi connectivity index (χ4v) is 23.0. The van der Waals surface area contributed by atoms with Crippen LogP contribution in [0.4, 0.5) is 19.2 Å². The van der Waals surface area contributed by atoms with E-state index < -0.39 is 249 Å². The van der Waals surface area contributed by atoms with E-state index in [4.69, 9.17) is 113 Å². The summed E-state index contributed by atoms with van der Waals surface area (Å²) >= 11 is 2.25. The molecule has 5 unspecified atom stereocenters. The molecule has 47 heteroatoms. The summed E-state index contributed by atoms with van der Waals surface area (Å²) in [5, 5.41) is 32.0. The number of hydrogen-bond donors (Lipinski definition) is 4. The van der Waals surface area contributed by atoms with Crippen molar-refractivity contribution >= 4 is 105 Å². The second kappa shape index (κ2) is 45.4. The lowest BCUT2D eigenvalue weighted by Gasteiger charge is -2.46. The highest BCUT2D eigenvalue weighted by Crippen LogP contribution is 2.59. The zero-order valence-electron chi connectivity index (χ0n) is 78.9. The van der Waals surface area contributed by atoms with Crippen molar-refractivity contribution in [3.05, 3.63) is 60.7 Å². The van der Waals surface area contributed by atoms with E-state index in [0.29, 0.717) is 43.4 Å². The Bertz CT molecular complexity index is 4530. The smallest absolute Gasteiger partial charge is 0.466 e. The van der Waals surface area contributed by atoms with Gasteiger partial charge in [0.2, 0.25) is 27.6 Å². The molecule has 11 aliphatic heterocycles. The number of unbranched alkanes of at least 4 members (excludes halogenated alkanes) is 3. The zero-order chi connectivity index (χ0) is 98.8. The number of rotatable bonds is 33. The first-order chi connectivity index (χ1) is 63.1. The Morgan fingerprint density at radius 2 is 0.799 bits per heavy atom. The van der Waals surface area contributed by atoms with Gasteiger partial charge in [-0.3, -0.25) is 32.5 Å². The van der Waals surface area contributed by atoms with Crippen molar-refractivity contribution in [2.75, 3.05) is 61.5 Å². The Kier molecular flexibility index (Phi) is 36.9. The molecule has 0 aromatic heterocycles. The van der Waals surface area contributed by atoms with E-state index in [9.17, 15) is 72.1 Å². The number of thioether (sulfide) groups is 2. The van der Waals surface area contributed by atoms with Gasteiger partial charge in [-0.1, -0.05) is 121 Å². The molecular weight excluding hydrogens is 1850 g/mol. The molecule has 752 valence electrons. The third-order valence-electron chi connectivity index (χ3n) is 23.6. The Morgan fingerprint density at radius 3 is 1.15 bits per heavy atom. The standard InChI is InChI=1S/C25H42NO12P.C23H29NO8S.C22H36NO11P.C17H21NO8S/c1-8-11-13-32-39(30,33-14-12-9-2)38-25(22(28)31-7)15-18-19(26(16(4)27)23(29)34-18)21(37-25)20-17(10-3)35-24(5,6)36-20;1-6-15-18(31-22(3,4)30-15)19-17-16(29-21(27)24(17)13(2)25)12-23(32-19,20(26)28-5)33-14-10-8-7-9-11-14;1-8-10-11-29-35(7,27)34-22(19(25)28-6)12-15-16(23(13(3)24)20(26)30-15)18(33-22)17-14(9-2)31-21(4,5)32-17;1-24-15(22)17(27-9-5-3-2-4-6-9)7-11-12(18-16(23)25-11)14(26-17)13(21)10(20)8-19/h17-21H,8-15H2,1-7H3;7-11,15-19H,6,12H2,1-5H3;14-18H,8-12H2,1-7H3;2-6,10-14,19-21H,7-8H2,1H3,(H,18,23)/t17-,18-,19-,20-,21?,25-;15-,16-,17-,18-,19?,23+;14-,15-,16-,17-,18?,22+,35?;10-,11-,12-,13-,14?,17+/m1111/s1. The second-order valence-electron chi connectivity index (χ2n) is 34.8. The van der Waals surface area contributed by atoms with Crippen LogP contribution in [0, 0.1) is 0 Å². The van der Waals surface area contributed by atoms with Crippen LogP contribution in [0.3, 0.4) is 0 Å². The third kappa shape index (κ3) is 24.6. The molecule has 11 fully saturated rings. The second-order valence-corrected chi connectivity index (χ2v) is 41.1. The summed E-state index contributed by atoms with van der Waals surface area (Å²) in [6.45, 7) is 26.5. The summed E-state index contributed by atoms with van der Waals surface area (Å²) in [6, 6.07) is 14.8. The lowest BCUT2D eigenvalue weighted by molar-refractivity contribution is -0.287. The maximum Gasteiger partial charge on any atom is 0.477 e. The van der Waals surface area contributed by atoms with E-state index in [0.717, 1.165) is 64.8 Å². The highest BCUT2D eigenvalue weighted by Gasteiger charge is 2.71. The summed E-state index contributed by atoms with van der Waals surface area (Å²) in [6.07, 6.45) is -13.2. The maximum absolute atomic E-state index is 13.9. The van der Waals surface area contributed by atoms with Crippen LogP contribution in [-0.2, 0) is 151 Å². The van der Waals surface area contributed by atoms with Gasteiger partial charge >= 0.3 is 63.7 Å². The minimum atomic E-state index is -4.39. The third-order valence-corrected chi connectivity index (χ3v) is 28.9. The average Bonchev–Trinajstić information content (AvgIpc) is 1.56. The van der Waals surface area contributed by atoms with E-state index in [1.807, 2.05) is 77.9 Å². The number of ether oxygens (including phenoxy) is 18. The van der Waals surface area contributed by atoms with Crippen LogP contribution >= 0.6 is 38.9 Å². The van der Waals surface area contributed by atoms with Gasteiger partial charge in [0.25, 0.3) is 11.6 Å². The minimum Gasteiger partial charge on any atom is -0.466 e. The van der Waals surface area contributed by atoms with Gasteiger partial charge in [-0.2, -0.15) is 0 Å². The molecule has 0 bridgehead atoms. The molecule has 13 rings (SSSR count). The van der Waals surface area contributed by atoms with E-state index in [2.05, 4.69) is 5.32 Å². The number of alkyl carbamates (subject to hydrolysis) is 1. The van der Waals surface area contributed by atoms with Crippen molar-refractivity contribution in [2.45, 2.75) is 358 Å². The lowest BCUT2D eigenvalue weighted by atomic mass is 9.88. The van der Waals surface area contributed by atoms with E-state index in [1.54, 1.807) is 65.8 Å². The molecule has 7 amide bonds. The highest BCUT2D eigenvalue weighted by atomic mass is 32.2. The monoisotopic (exact) mass is 1980 g/mol. The van der Waals surface area contributed by atoms with Gasteiger partial charge in [0, 0.05) is 50.1 Å². The van der Waals surface area contributed by atoms with Crippen LogP contribution in [0.2, 0.25) is 0 Å². The number of imide groups is 3. The summed E-state index contributed by atoms with van der Waals surface area (Å²) < 4.78 is 159. The molecular formula is C87H128N4O39P2S2. The molecule has 0 aliphatic carbocycles. The van der Waals surface area contributed by atoms with E-state index >= 15 is 0 Å². The molecule has 0 saturated carbocycles. The van der Waals surface area contributed by atoms with Crippen LogP contribution in [0.5, 0.6) is 0 Å². The molecule has 134 heavy (non-hydrogen) atoms. The van der Waals surface area contributed by atoms with Crippen molar-refractivity contribution in [1.82, 2.24) is 20.0 Å². The van der Waals surface area contributed by atoms with Crippen molar-refractivity contribution in [3.63, 3.8) is 0 Å². The van der Waals surface area contributed by atoms with Gasteiger partial charge in [0.15, 0.2) is 17.4 Å². The largest absolute Gasteiger partial charge is 0.477 e. The van der Waals surface area contributed by atoms with Gasteiger partial charge in [-0.15, -0.1) is 0 Å². The van der Waals surface area contributed by atoms with Gasteiger partial charge in [0.05, 0.1) is 92.1 Å². The number of carbonyl (C=O) groups excluding carboxylic acids is 11. The number of phosphoric ester groups is 1. The van der Waals surface area contributed by atoms with Crippen LogP contribution < -0.4 is 5.32 Å². The first-order valence-corrected chi connectivity index (χ1v) is 49.8. The van der Waals surface area contributed by atoms with Gasteiger partial charge < -0.3 is 110 Å². The number of nitrogens with zero attached hydrogens (tertiary/aromatic N) is 3. The normalized spacial score (nSPS) is 33.8. The van der Waals surface area contributed by atoms with Gasteiger partial charge in [0.1, 0.15) is 97.5 Å². The number of phosphoric acid groups is 1. The van der Waals surface area contributed by atoms with Crippen molar-refractivity contribution in [2.24, 2.45) is 0 Å². The minimum absolute atomic E-state index is 0.0128. The summed E-state index contributed by atoms with van der Waals surface area (Å²) in [5.41, 5.74) is 0. The van der Waals surface area contributed by atoms with E-state index in [1.165, 1.54) is 53.4 Å².